The molecule has 0 amide bonds. The fraction of sp³-hybridized carbons (Fsp3) is 0.500. The first-order chi connectivity index (χ1) is 7.65. The van der Waals surface area contributed by atoms with Crippen molar-refractivity contribution in [3.63, 3.8) is 0 Å². The quantitative estimate of drug-likeness (QED) is 0.702. The van der Waals surface area contributed by atoms with E-state index in [0.29, 0.717) is 17.5 Å². The molecule has 0 spiro atoms. The van der Waals surface area contributed by atoms with E-state index >= 15 is 0 Å². The largest absolute Gasteiger partial charge is 0.396 e. The number of nitrogens with two attached hydrogens (primary N) is 2. The number of pyridine rings is 1. The zero-order valence-corrected chi connectivity index (χ0v) is 9.80. The molecule has 2 rings (SSSR count). The average Bonchev–Trinajstić information content (AvgIpc) is 2.27. The van der Waals surface area contributed by atoms with Gasteiger partial charge in [-0.25, -0.2) is 4.98 Å². The van der Waals surface area contributed by atoms with Crippen LogP contribution < -0.4 is 16.8 Å². The van der Waals surface area contributed by atoms with Gasteiger partial charge in [-0.05, 0) is 25.0 Å². The molecule has 88 valence electrons. The number of rotatable bonds is 2. The number of anilines is 3. The van der Waals surface area contributed by atoms with Gasteiger partial charge in [0, 0.05) is 28.3 Å². The highest BCUT2D eigenvalue weighted by molar-refractivity contribution is 7.85. The number of hydrogen-bond acceptors (Lipinski definition) is 5. The van der Waals surface area contributed by atoms with Gasteiger partial charge in [-0.15, -0.1) is 0 Å². The highest BCUT2D eigenvalue weighted by atomic mass is 32.2. The van der Waals surface area contributed by atoms with E-state index in [-0.39, 0.29) is 0 Å². The van der Waals surface area contributed by atoms with Gasteiger partial charge in [0.05, 0.1) is 5.69 Å². The van der Waals surface area contributed by atoms with E-state index < -0.39 is 10.8 Å². The summed E-state index contributed by atoms with van der Waals surface area (Å²) in [6, 6.07) is 3.90. The van der Waals surface area contributed by atoms with Gasteiger partial charge in [0.1, 0.15) is 11.6 Å². The summed E-state index contributed by atoms with van der Waals surface area (Å²) in [6.07, 6.45) is 1.83. The third-order valence-electron chi connectivity index (χ3n) is 2.70. The Bertz CT molecular complexity index is 400. The lowest BCUT2D eigenvalue weighted by molar-refractivity contribution is 0.622. The molecule has 0 unspecified atom stereocenters. The van der Waals surface area contributed by atoms with Gasteiger partial charge < -0.3 is 16.8 Å². The van der Waals surface area contributed by atoms with Crippen LogP contribution in [0.5, 0.6) is 0 Å². The van der Waals surface area contributed by atoms with Crippen LogP contribution in [0.15, 0.2) is 12.1 Å². The third kappa shape index (κ3) is 2.63. The van der Waals surface area contributed by atoms with Gasteiger partial charge in [-0.3, -0.25) is 4.21 Å². The Hall–Kier alpha value is -1.30. The second-order valence-corrected chi connectivity index (χ2v) is 5.63. The van der Waals surface area contributed by atoms with Crippen molar-refractivity contribution in [3.8, 4) is 0 Å². The standard InChI is InChI=1S/C10H16N4OS/c11-8-1-2-9(14-10(8)12)13-7-3-5-16(15)6-4-7/h1-2,7H,3-6,11H2,(H3,12,13,14). The molecule has 0 aromatic carbocycles. The molecule has 0 aliphatic carbocycles. The summed E-state index contributed by atoms with van der Waals surface area (Å²) in [7, 11) is -0.632. The van der Waals surface area contributed by atoms with Crippen molar-refractivity contribution in [2.45, 2.75) is 18.9 Å². The molecule has 5 N–H and O–H groups in total. The predicted octanol–water partition coefficient (Wildman–Crippen LogP) is 0.569. The summed E-state index contributed by atoms with van der Waals surface area (Å²) in [6.45, 7) is 0. The molecule has 0 bridgehead atoms. The van der Waals surface area contributed by atoms with Crippen LogP contribution in [0.3, 0.4) is 0 Å². The maximum absolute atomic E-state index is 11.2. The van der Waals surface area contributed by atoms with Crippen molar-refractivity contribution in [2.24, 2.45) is 0 Å². The lowest BCUT2D eigenvalue weighted by Gasteiger charge is -2.23. The minimum Gasteiger partial charge on any atom is -0.396 e. The molecular weight excluding hydrogens is 224 g/mol. The molecule has 0 saturated carbocycles. The van der Waals surface area contributed by atoms with E-state index in [4.69, 9.17) is 11.5 Å². The van der Waals surface area contributed by atoms with Crippen molar-refractivity contribution in [2.75, 3.05) is 28.3 Å². The summed E-state index contributed by atoms with van der Waals surface area (Å²) in [5, 5.41) is 3.29. The zero-order valence-electron chi connectivity index (χ0n) is 8.98. The van der Waals surface area contributed by atoms with Gasteiger partial charge in [-0.2, -0.15) is 0 Å². The maximum Gasteiger partial charge on any atom is 0.149 e. The number of hydrogen-bond donors (Lipinski definition) is 3. The summed E-state index contributed by atoms with van der Waals surface area (Å²) in [5.41, 5.74) is 11.7. The molecule has 5 nitrogen and oxygen atoms in total. The van der Waals surface area contributed by atoms with Crippen molar-refractivity contribution >= 4 is 28.1 Å². The highest BCUT2D eigenvalue weighted by Crippen LogP contribution is 2.18. The predicted molar refractivity (Wildman–Crippen MR) is 67.6 cm³/mol. The van der Waals surface area contributed by atoms with Crippen LogP contribution in [0.4, 0.5) is 17.3 Å². The first-order valence-electron chi connectivity index (χ1n) is 5.28. The first kappa shape index (κ1) is 11.2. The number of nitrogens with one attached hydrogen (secondary N) is 1. The van der Waals surface area contributed by atoms with Crippen LogP contribution in [-0.4, -0.2) is 26.7 Å². The van der Waals surface area contributed by atoms with Crippen LogP contribution in [0.1, 0.15) is 12.8 Å². The molecule has 1 aromatic rings. The monoisotopic (exact) mass is 240 g/mol. The summed E-state index contributed by atoms with van der Waals surface area (Å²) < 4.78 is 11.2. The normalized spacial score (nSPS) is 25.2. The molecule has 0 radical (unpaired) electrons. The average molecular weight is 240 g/mol. The lowest BCUT2D eigenvalue weighted by atomic mass is 10.1. The van der Waals surface area contributed by atoms with E-state index in [1.54, 1.807) is 6.07 Å². The minimum atomic E-state index is -0.632. The molecule has 1 aliphatic rings. The summed E-state index contributed by atoms with van der Waals surface area (Å²) in [5.74, 6) is 2.62. The van der Waals surface area contributed by atoms with Gasteiger partial charge in [-0.1, -0.05) is 0 Å². The van der Waals surface area contributed by atoms with Gasteiger partial charge in [0.2, 0.25) is 0 Å². The Morgan fingerprint density at radius 2 is 2.00 bits per heavy atom. The number of nitrogens with zero attached hydrogens (tertiary/aromatic N) is 1. The van der Waals surface area contributed by atoms with E-state index in [1.165, 1.54) is 0 Å². The van der Waals surface area contributed by atoms with Crippen molar-refractivity contribution < 1.29 is 4.21 Å². The Morgan fingerprint density at radius 1 is 1.31 bits per heavy atom. The fourth-order valence-electron chi connectivity index (χ4n) is 1.71. The summed E-state index contributed by atoms with van der Waals surface area (Å²) in [4.78, 5) is 4.15. The second-order valence-electron chi connectivity index (χ2n) is 3.94. The van der Waals surface area contributed by atoms with Crippen LogP contribution in [0, 0.1) is 0 Å². The fourth-order valence-corrected chi connectivity index (χ4v) is 3.01. The van der Waals surface area contributed by atoms with Crippen molar-refractivity contribution in [1.29, 1.82) is 0 Å². The molecule has 1 aromatic heterocycles. The summed E-state index contributed by atoms with van der Waals surface area (Å²) >= 11 is 0. The van der Waals surface area contributed by atoms with E-state index in [1.807, 2.05) is 6.07 Å². The molecular formula is C10H16N4OS. The lowest BCUT2D eigenvalue weighted by Crippen LogP contribution is -2.29. The highest BCUT2D eigenvalue weighted by Gasteiger charge is 2.17. The van der Waals surface area contributed by atoms with Crippen LogP contribution >= 0.6 is 0 Å². The van der Waals surface area contributed by atoms with Gasteiger partial charge >= 0.3 is 0 Å². The van der Waals surface area contributed by atoms with Gasteiger partial charge in [0.25, 0.3) is 0 Å². The Labute approximate surface area is 97.1 Å². The minimum absolute atomic E-state index is 0.341. The van der Waals surface area contributed by atoms with Crippen molar-refractivity contribution in [1.82, 2.24) is 4.98 Å². The second kappa shape index (κ2) is 4.69. The molecule has 0 atom stereocenters. The van der Waals surface area contributed by atoms with E-state index in [2.05, 4.69) is 10.3 Å². The Balaban J connectivity index is 1.98. The molecule has 6 heteroatoms. The van der Waals surface area contributed by atoms with Crippen LogP contribution in [-0.2, 0) is 10.8 Å². The molecule has 1 aliphatic heterocycles. The molecule has 1 fully saturated rings. The van der Waals surface area contributed by atoms with Gasteiger partial charge in [0.15, 0.2) is 0 Å². The first-order valence-corrected chi connectivity index (χ1v) is 6.77. The third-order valence-corrected chi connectivity index (χ3v) is 4.08. The zero-order chi connectivity index (χ0) is 11.5. The Morgan fingerprint density at radius 3 is 2.62 bits per heavy atom. The Kier molecular flexibility index (Phi) is 3.28. The van der Waals surface area contributed by atoms with Crippen molar-refractivity contribution in [3.05, 3.63) is 12.1 Å². The number of aromatic nitrogens is 1. The molecule has 2 heterocycles. The van der Waals surface area contributed by atoms with Crippen LogP contribution in [0.2, 0.25) is 0 Å². The smallest absolute Gasteiger partial charge is 0.149 e. The van der Waals surface area contributed by atoms with E-state index in [9.17, 15) is 4.21 Å². The SMILES string of the molecule is Nc1ccc(NC2CCS(=O)CC2)nc1N. The molecule has 16 heavy (non-hydrogen) atoms. The van der Waals surface area contributed by atoms with E-state index in [0.717, 1.165) is 30.2 Å². The topological polar surface area (TPSA) is 94.0 Å². The van der Waals surface area contributed by atoms with Crippen LogP contribution in [0.25, 0.3) is 0 Å². The molecule has 1 saturated heterocycles. The maximum atomic E-state index is 11.2. The number of nitrogen functional groups attached to an aromatic ring is 2.